The molecule has 2 heterocycles. The van der Waals surface area contributed by atoms with Gasteiger partial charge in [0.25, 0.3) is 5.56 Å². The van der Waals surface area contributed by atoms with E-state index in [1.54, 1.807) is 4.98 Å². The van der Waals surface area contributed by atoms with Crippen molar-refractivity contribution in [2.24, 2.45) is 5.73 Å². The number of ether oxygens (including phenoxy) is 1. The zero-order valence-corrected chi connectivity index (χ0v) is 10.1. The topological polar surface area (TPSA) is 131 Å². The Balaban J connectivity index is 2.58. The summed E-state index contributed by atoms with van der Waals surface area (Å²) in [5.41, 5.74) is 1.74. The van der Waals surface area contributed by atoms with Gasteiger partial charge in [-0.2, -0.15) is 4.39 Å². The van der Waals surface area contributed by atoms with Crippen molar-refractivity contribution in [3.05, 3.63) is 32.9 Å². The molecule has 9 heteroatoms. The van der Waals surface area contributed by atoms with Crippen LogP contribution in [0.3, 0.4) is 0 Å². The molecule has 5 N–H and O–H groups in total. The summed E-state index contributed by atoms with van der Waals surface area (Å²) in [4.78, 5) is 24.4. The lowest BCUT2D eigenvalue weighted by atomic mass is 9.92. The number of aromatic amines is 1. The zero-order valence-electron chi connectivity index (χ0n) is 10.1. The molecule has 1 unspecified atom stereocenters. The van der Waals surface area contributed by atoms with Crippen molar-refractivity contribution in [3.63, 3.8) is 0 Å². The Labute approximate surface area is 111 Å². The van der Waals surface area contributed by atoms with Crippen LogP contribution < -0.4 is 17.0 Å². The summed E-state index contributed by atoms with van der Waals surface area (Å²) in [5, 5.41) is 19.0. The monoisotopic (exact) mass is 285 g/mol. The third kappa shape index (κ3) is 1.95. The normalized spacial score (nSPS) is 33.0. The van der Waals surface area contributed by atoms with Crippen LogP contribution in [0.25, 0.3) is 0 Å². The molecular formula is C11H12FN3O5. The molecule has 1 aliphatic heterocycles. The van der Waals surface area contributed by atoms with Crippen molar-refractivity contribution in [2.75, 3.05) is 6.61 Å². The first kappa shape index (κ1) is 14.4. The Hall–Kier alpha value is -1.99. The van der Waals surface area contributed by atoms with Gasteiger partial charge in [-0.05, 0) is 0 Å². The molecule has 0 spiro atoms. The summed E-state index contributed by atoms with van der Waals surface area (Å²) in [6.07, 6.45) is 1.79. The van der Waals surface area contributed by atoms with Gasteiger partial charge in [0.15, 0.2) is 11.8 Å². The Morgan fingerprint density at radius 1 is 1.65 bits per heavy atom. The highest BCUT2D eigenvalue weighted by molar-refractivity contribution is 5.22. The molecule has 1 aromatic heterocycles. The number of nitrogens with one attached hydrogen (secondary N) is 1. The number of nitrogens with zero attached hydrogens (tertiary/aromatic N) is 1. The van der Waals surface area contributed by atoms with E-state index in [1.807, 2.05) is 0 Å². The molecule has 0 aromatic carbocycles. The highest BCUT2D eigenvalue weighted by Crippen LogP contribution is 2.35. The quantitative estimate of drug-likeness (QED) is 0.436. The molecule has 20 heavy (non-hydrogen) atoms. The molecule has 4 atom stereocenters. The van der Waals surface area contributed by atoms with Gasteiger partial charge in [-0.25, -0.2) is 4.79 Å². The number of hydrogen-bond acceptors (Lipinski definition) is 6. The van der Waals surface area contributed by atoms with Gasteiger partial charge < -0.3 is 20.7 Å². The summed E-state index contributed by atoms with van der Waals surface area (Å²) in [6, 6.07) is 0. The van der Waals surface area contributed by atoms with E-state index in [0.717, 1.165) is 0 Å². The van der Waals surface area contributed by atoms with Gasteiger partial charge in [-0.15, -0.1) is 6.42 Å². The van der Waals surface area contributed by atoms with Crippen LogP contribution in [0.5, 0.6) is 0 Å². The standard InChI is InChI=1S/C11H12FN3O5/c1-2-11(13)7(17)6(4-16)20-9(11)15-3-5(12)8(18)14-10(15)19/h1,3,6-7,9,16-17H,4,13H2,(H,14,18,19)/t6-,7+,9-,11?/m1/s1. The molecule has 8 nitrogen and oxygen atoms in total. The van der Waals surface area contributed by atoms with E-state index in [4.69, 9.17) is 22.0 Å². The number of H-pyrrole nitrogens is 1. The lowest BCUT2D eigenvalue weighted by molar-refractivity contribution is -0.0480. The SMILES string of the molecule is C#CC1(N)[C@@H](O)[C@@H](CO)O[C@H]1n1cc(F)c(=O)[nH]c1=O. The molecule has 0 saturated carbocycles. The van der Waals surface area contributed by atoms with Gasteiger partial charge >= 0.3 is 5.69 Å². The molecule has 1 aromatic rings. The molecule has 0 aliphatic carbocycles. The van der Waals surface area contributed by atoms with E-state index in [2.05, 4.69) is 5.92 Å². The summed E-state index contributed by atoms with van der Waals surface area (Å²) in [6.45, 7) is -0.598. The predicted molar refractivity (Wildman–Crippen MR) is 64.0 cm³/mol. The van der Waals surface area contributed by atoms with Crippen LogP contribution in [0.1, 0.15) is 6.23 Å². The van der Waals surface area contributed by atoms with Gasteiger partial charge in [0, 0.05) is 0 Å². The van der Waals surface area contributed by atoms with E-state index >= 15 is 0 Å². The Bertz CT molecular complexity index is 678. The minimum absolute atomic E-state index is 0.581. The lowest BCUT2D eigenvalue weighted by Gasteiger charge is -2.27. The first-order chi connectivity index (χ1) is 9.35. The van der Waals surface area contributed by atoms with Crippen molar-refractivity contribution in [1.29, 1.82) is 0 Å². The predicted octanol–water partition coefficient (Wildman–Crippen LogP) is -2.74. The van der Waals surface area contributed by atoms with Crippen molar-refractivity contribution >= 4 is 0 Å². The van der Waals surface area contributed by atoms with Crippen LogP contribution in [0, 0.1) is 18.2 Å². The van der Waals surface area contributed by atoms with Gasteiger partial charge in [0.1, 0.15) is 12.2 Å². The second kappa shape index (κ2) is 4.84. The molecule has 0 amide bonds. The van der Waals surface area contributed by atoms with Crippen molar-refractivity contribution in [2.45, 2.75) is 24.0 Å². The highest BCUT2D eigenvalue weighted by Gasteiger charge is 2.54. The van der Waals surface area contributed by atoms with Crippen LogP contribution >= 0.6 is 0 Å². The van der Waals surface area contributed by atoms with E-state index in [9.17, 15) is 19.1 Å². The number of aliphatic hydroxyl groups excluding tert-OH is 2. The molecule has 0 radical (unpaired) electrons. The number of halogens is 1. The zero-order chi connectivity index (χ0) is 15.1. The maximum Gasteiger partial charge on any atom is 0.330 e. The number of aliphatic hydroxyl groups is 2. The summed E-state index contributed by atoms with van der Waals surface area (Å²) >= 11 is 0. The minimum atomic E-state index is -1.86. The molecular weight excluding hydrogens is 273 g/mol. The maximum atomic E-state index is 13.3. The molecule has 1 saturated heterocycles. The fourth-order valence-electron chi connectivity index (χ4n) is 2.04. The van der Waals surface area contributed by atoms with Crippen LogP contribution in [-0.2, 0) is 4.74 Å². The summed E-state index contributed by atoms with van der Waals surface area (Å²) in [7, 11) is 0. The van der Waals surface area contributed by atoms with Crippen molar-refractivity contribution < 1.29 is 19.3 Å². The Morgan fingerprint density at radius 2 is 2.30 bits per heavy atom. The third-order valence-corrected chi connectivity index (χ3v) is 3.16. The van der Waals surface area contributed by atoms with E-state index in [-0.39, 0.29) is 0 Å². The Morgan fingerprint density at radius 3 is 2.85 bits per heavy atom. The van der Waals surface area contributed by atoms with Crippen LogP contribution in [-0.4, -0.2) is 44.1 Å². The second-order valence-corrected chi connectivity index (χ2v) is 4.38. The first-order valence-corrected chi connectivity index (χ1v) is 5.57. The average molecular weight is 285 g/mol. The summed E-state index contributed by atoms with van der Waals surface area (Å²) in [5.74, 6) is 0.841. The average Bonchev–Trinajstić information content (AvgIpc) is 2.67. The molecule has 0 bridgehead atoms. The number of hydrogen-bond donors (Lipinski definition) is 4. The van der Waals surface area contributed by atoms with Gasteiger partial charge in [-0.1, -0.05) is 5.92 Å². The van der Waals surface area contributed by atoms with Crippen LogP contribution in [0.15, 0.2) is 15.8 Å². The smallest absolute Gasteiger partial charge is 0.330 e. The molecule has 2 rings (SSSR count). The Kier molecular flexibility index (Phi) is 3.49. The number of terminal acetylenes is 1. The highest BCUT2D eigenvalue weighted by atomic mass is 19.1. The van der Waals surface area contributed by atoms with Crippen molar-refractivity contribution in [3.8, 4) is 12.3 Å². The lowest BCUT2D eigenvalue weighted by Crippen LogP contribution is -2.55. The fourth-order valence-corrected chi connectivity index (χ4v) is 2.04. The molecule has 1 fully saturated rings. The van der Waals surface area contributed by atoms with E-state index < -0.39 is 47.6 Å². The number of rotatable bonds is 2. The maximum absolute atomic E-state index is 13.3. The largest absolute Gasteiger partial charge is 0.394 e. The fraction of sp³-hybridized carbons (Fsp3) is 0.455. The van der Waals surface area contributed by atoms with Gasteiger partial charge in [-0.3, -0.25) is 14.3 Å². The summed E-state index contributed by atoms with van der Waals surface area (Å²) < 4.78 is 19.1. The van der Waals surface area contributed by atoms with E-state index in [0.29, 0.717) is 10.8 Å². The molecule has 1 aliphatic rings. The minimum Gasteiger partial charge on any atom is -0.394 e. The van der Waals surface area contributed by atoms with Gasteiger partial charge in [0.05, 0.1) is 12.8 Å². The third-order valence-electron chi connectivity index (χ3n) is 3.16. The molecule has 108 valence electrons. The first-order valence-electron chi connectivity index (χ1n) is 5.57. The number of aromatic nitrogens is 2. The van der Waals surface area contributed by atoms with Crippen LogP contribution in [0.2, 0.25) is 0 Å². The second-order valence-electron chi connectivity index (χ2n) is 4.38. The van der Waals surface area contributed by atoms with Crippen LogP contribution in [0.4, 0.5) is 4.39 Å². The van der Waals surface area contributed by atoms with Gasteiger partial charge in [0.2, 0.25) is 5.82 Å². The van der Waals surface area contributed by atoms with E-state index in [1.165, 1.54) is 0 Å². The van der Waals surface area contributed by atoms with Crippen molar-refractivity contribution in [1.82, 2.24) is 9.55 Å². The number of nitrogens with two attached hydrogens (primary N) is 1.